The number of hydrogen-bond acceptors (Lipinski definition) is 7. The maximum Gasteiger partial charge on any atom is 0.231 e. The van der Waals surface area contributed by atoms with Gasteiger partial charge in [-0.05, 0) is 49.4 Å². The van der Waals surface area contributed by atoms with E-state index < -0.39 is 0 Å². The average Bonchev–Trinajstić information content (AvgIpc) is 3.61. The summed E-state index contributed by atoms with van der Waals surface area (Å²) in [6.45, 7) is 2.17. The zero-order chi connectivity index (χ0) is 22.9. The van der Waals surface area contributed by atoms with Crippen LogP contribution < -0.4 is 9.47 Å². The first-order chi connectivity index (χ1) is 16.8. The maximum atomic E-state index is 5.93. The van der Waals surface area contributed by atoms with Crippen molar-refractivity contribution in [1.82, 2.24) is 19.7 Å². The Kier molecular flexibility index (Phi) is 5.27. The fourth-order valence-electron chi connectivity index (χ4n) is 3.79. The van der Waals surface area contributed by atoms with Gasteiger partial charge in [0, 0.05) is 22.6 Å². The molecule has 0 radical (unpaired) electrons. The van der Waals surface area contributed by atoms with Crippen LogP contribution >= 0.6 is 11.8 Å². The topological polar surface area (TPSA) is 75.2 Å². The lowest BCUT2D eigenvalue weighted by molar-refractivity contribution is 0.174. The number of thioether (sulfide) groups is 1. The smallest absolute Gasteiger partial charge is 0.231 e. The molecular weight excluding hydrogens is 448 g/mol. The molecule has 0 saturated carbocycles. The number of aromatic nitrogens is 4. The highest BCUT2D eigenvalue weighted by Crippen LogP contribution is 2.37. The van der Waals surface area contributed by atoms with Crippen molar-refractivity contribution in [3.63, 3.8) is 0 Å². The molecule has 0 bridgehead atoms. The third-order valence-corrected chi connectivity index (χ3v) is 6.47. The quantitative estimate of drug-likeness (QED) is 0.286. The van der Waals surface area contributed by atoms with Crippen molar-refractivity contribution in [3.8, 4) is 40.0 Å². The van der Waals surface area contributed by atoms with E-state index in [4.69, 9.17) is 18.9 Å². The minimum Gasteiger partial charge on any atom is -0.454 e. The van der Waals surface area contributed by atoms with Crippen LogP contribution in [-0.4, -0.2) is 26.5 Å². The summed E-state index contributed by atoms with van der Waals surface area (Å²) in [6, 6.07) is 25.8. The summed E-state index contributed by atoms with van der Waals surface area (Å²) in [5, 5.41) is 9.81. The molecule has 0 unspecified atom stereocenters. The molecule has 34 heavy (non-hydrogen) atoms. The summed E-state index contributed by atoms with van der Waals surface area (Å²) < 4.78 is 19.0. The highest BCUT2D eigenvalue weighted by molar-refractivity contribution is 7.98. The van der Waals surface area contributed by atoms with Crippen molar-refractivity contribution in [2.45, 2.75) is 17.8 Å². The summed E-state index contributed by atoms with van der Waals surface area (Å²) >= 11 is 1.57. The van der Waals surface area contributed by atoms with Crippen LogP contribution in [0.5, 0.6) is 11.5 Å². The van der Waals surface area contributed by atoms with E-state index >= 15 is 0 Å². The van der Waals surface area contributed by atoms with Crippen molar-refractivity contribution in [1.29, 1.82) is 0 Å². The molecule has 2 aromatic heterocycles. The molecule has 0 amide bonds. The number of para-hydroxylation sites is 1. The van der Waals surface area contributed by atoms with Gasteiger partial charge in [-0.25, -0.2) is 4.98 Å². The molecule has 3 heterocycles. The zero-order valence-electron chi connectivity index (χ0n) is 18.3. The van der Waals surface area contributed by atoms with Gasteiger partial charge in [0.25, 0.3) is 0 Å². The molecule has 5 aromatic rings. The minimum absolute atomic E-state index is 0.229. The van der Waals surface area contributed by atoms with Gasteiger partial charge in [-0.3, -0.25) is 4.57 Å². The first-order valence-corrected chi connectivity index (χ1v) is 11.8. The molecule has 7 nitrogen and oxygen atoms in total. The summed E-state index contributed by atoms with van der Waals surface area (Å²) in [5.74, 6) is 4.20. The largest absolute Gasteiger partial charge is 0.454 e. The summed E-state index contributed by atoms with van der Waals surface area (Å²) in [7, 11) is 0. The highest BCUT2D eigenvalue weighted by Gasteiger charge is 2.21. The Hall–Kier alpha value is -4.04. The zero-order valence-corrected chi connectivity index (χ0v) is 19.2. The van der Waals surface area contributed by atoms with Crippen LogP contribution in [-0.2, 0) is 5.75 Å². The van der Waals surface area contributed by atoms with Crippen LogP contribution in [0.1, 0.15) is 11.5 Å². The Bertz CT molecular complexity index is 1450. The van der Waals surface area contributed by atoms with Gasteiger partial charge >= 0.3 is 0 Å². The van der Waals surface area contributed by atoms with Gasteiger partial charge < -0.3 is 13.9 Å². The Labute approximate surface area is 200 Å². The van der Waals surface area contributed by atoms with Gasteiger partial charge in [-0.2, -0.15) is 0 Å². The molecule has 168 valence electrons. The van der Waals surface area contributed by atoms with Gasteiger partial charge in [0.1, 0.15) is 5.76 Å². The van der Waals surface area contributed by atoms with Crippen LogP contribution in [0.25, 0.3) is 28.5 Å². The van der Waals surface area contributed by atoms with E-state index in [1.165, 1.54) is 0 Å². The fraction of sp³-hybridized carbons (Fsp3) is 0.115. The van der Waals surface area contributed by atoms with Gasteiger partial charge in [0.05, 0.1) is 5.69 Å². The molecule has 0 N–H and O–H groups in total. The minimum atomic E-state index is 0.229. The predicted molar refractivity (Wildman–Crippen MR) is 129 cm³/mol. The van der Waals surface area contributed by atoms with E-state index in [9.17, 15) is 0 Å². The van der Waals surface area contributed by atoms with Crippen LogP contribution in [0, 0.1) is 6.92 Å². The van der Waals surface area contributed by atoms with Crippen LogP contribution in [0.2, 0.25) is 0 Å². The molecule has 1 aliphatic rings. The van der Waals surface area contributed by atoms with Crippen molar-refractivity contribution in [2.24, 2.45) is 0 Å². The second-order valence-electron chi connectivity index (χ2n) is 7.72. The first-order valence-electron chi connectivity index (χ1n) is 10.8. The van der Waals surface area contributed by atoms with Crippen molar-refractivity contribution < 1.29 is 13.9 Å². The van der Waals surface area contributed by atoms with E-state index in [0.717, 1.165) is 45.0 Å². The molecule has 1 aliphatic heterocycles. The molecule has 0 spiro atoms. The highest BCUT2D eigenvalue weighted by atomic mass is 32.2. The molecule has 3 aromatic carbocycles. The number of hydrogen-bond donors (Lipinski definition) is 0. The fourth-order valence-corrected chi connectivity index (χ4v) is 4.75. The van der Waals surface area contributed by atoms with E-state index in [1.54, 1.807) is 11.8 Å². The lowest BCUT2D eigenvalue weighted by Crippen LogP contribution is -2.00. The second-order valence-corrected chi connectivity index (χ2v) is 8.66. The monoisotopic (exact) mass is 468 g/mol. The summed E-state index contributed by atoms with van der Waals surface area (Å²) in [5.41, 5.74) is 3.72. The number of oxazole rings is 1. The third kappa shape index (κ3) is 3.82. The number of aryl methyl sites for hydroxylation is 1. The number of nitrogens with zero attached hydrogens (tertiary/aromatic N) is 4. The van der Waals surface area contributed by atoms with Gasteiger partial charge in [-0.1, -0.05) is 48.2 Å². The van der Waals surface area contributed by atoms with Crippen LogP contribution in [0.15, 0.2) is 88.4 Å². The Morgan fingerprint density at radius 3 is 2.44 bits per heavy atom. The molecule has 0 fully saturated rings. The number of ether oxygens (including phenoxy) is 2. The SMILES string of the molecule is Cc1oc(-c2ccccc2)nc1CSc1nnc(-c2ccc3c(c2)OCO3)n1-c1ccccc1. The van der Waals surface area contributed by atoms with Crippen LogP contribution in [0.4, 0.5) is 0 Å². The van der Waals surface area contributed by atoms with E-state index in [-0.39, 0.29) is 6.79 Å². The van der Waals surface area contributed by atoms with Crippen molar-refractivity contribution >= 4 is 11.8 Å². The first kappa shape index (κ1) is 20.6. The van der Waals surface area contributed by atoms with E-state index in [1.807, 2.05) is 85.8 Å². The Morgan fingerprint density at radius 1 is 0.853 bits per heavy atom. The van der Waals surface area contributed by atoms with E-state index in [0.29, 0.717) is 17.4 Å². The van der Waals surface area contributed by atoms with Crippen molar-refractivity contribution in [2.75, 3.05) is 6.79 Å². The second kappa shape index (κ2) is 8.72. The van der Waals surface area contributed by atoms with Gasteiger partial charge in [0.2, 0.25) is 12.7 Å². The number of fused-ring (bicyclic) bond motifs is 1. The molecule has 6 rings (SSSR count). The molecular formula is C26H20N4O3S. The Morgan fingerprint density at radius 2 is 1.62 bits per heavy atom. The maximum absolute atomic E-state index is 5.93. The normalized spacial score (nSPS) is 12.3. The predicted octanol–water partition coefficient (Wildman–Crippen LogP) is 5.92. The number of benzene rings is 3. The molecule has 8 heteroatoms. The van der Waals surface area contributed by atoms with Gasteiger partial charge in [0.15, 0.2) is 22.5 Å². The van der Waals surface area contributed by atoms with E-state index in [2.05, 4.69) is 14.8 Å². The lowest BCUT2D eigenvalue weighted by Gasteiger charge is -2.10. The molecule has 0 aliphatic carbocycles. The van der Waals surface area contributed by atoms with Gasteiger partial charge in [-0.15, -0.1) is 10.2 Å². The Balaban J connectivity index is 1.34. The standard InChI is InChI=1S/C26H20N4O3S/c1-17-21(27-25(33-17)18-8-4-2-5-9-18)15-34-26-29-28-24(30(26)20-10-6-3-7-11-20)19-12-13-22-23(14-19)32-16-31-22/h2-14H,15-16H2,1H3. The lowest BCUT2D eigenvalue weighted by atomic mass is 10.2. The number of rotatable bonds is 6. The summed E-state index contributed by atoms with van der Waals surface area (Å²) in [6.07, 6.45) is 0. The van der Waals surface area contributed by atoms with Crippen LogP contribution in [0.3, 0.4) is 0 Å². The average molecular weight is 469 g/mol. The summed E-state index contributed by atoms with van der Waals surface area (Å²) in [4.78, 5) is 4.73. The molecule has 0 atom stereocenters. The molecule has 0 saturated heterocycles. The third-order valence-electron chi connectivity index (χ3n) is 5.53. The van der Waals surface area contributed by atoms with Crippen molar-refractivity contribution in [3.05, 3.63) is 90.3 Å².